The second kappa shape index (κ2) is 7.38. The number of rotatable bonds is 6. The lowest BCUT2D eigenvalue weighted by Gasteiger charge is -2.09. The number of ether oxygens (including phenoxy) is 1. The molecule has 0 spiro atoms. The Morgan fingerprint density at radius 3 is 2.70 bits per heavy atom. The smallest absolute Gasteiger partial charge is 0.338 e. The second-order valence-corrected chi connectivity index (χ2v) is 4.27. The first-order valence-electron chi connectivity index (χ1n) is 6.27. The highest BCUT2D eigenvalue weighted by molar-refractivity contribution is 6.14. The van der Waals surface area contributed by atoms with Gasteiger partial charge in [-0.3, -0.25) is 4.99 Å². The molecule has 0 bridgehead atoms. The zero-order valence-electron chi connectivity index (χ0n) is 11.8. The molecule has 1 rings (SSSR count). The zero-order chi connectivity index (χ0) is 15.1. The average Bonchev–Trinajstić information content (AvgIpc) is 2.40. The van der Waals surface area contributed by atoms with Crippen LogP contribution in [-0.4, -0.2) is 24.8 Å². The van der Waals surface area contributed by atoms with Crippen molar-refractivity contribution in [2.45, 2.75) is 13.8 Å². The van der Waals surface area contributed by atoms with Gasteiger partial charge in [-0.1, -0.05) is 18.7 Å². The van der Waals surface area contributed by atoms with Crippen molar-refractivity contribution in [1.82, 2.24) is 0 Å². The van der Waals surface area contributed by atoms with E-state index in [4.69, 9.17) is 4.74 Å². The zero-order valence-corrected chi connectivity index (χ0v) is 11.8. The highest BCUT2D eigenvalue weighted by Crippen LogP contribution is 2.15. The predicted molar refractivity (Wildman–Crippen MR) is 78.8 cm³/mol. The molecule has 0 aliphatic rings. The van der Waals surface area contributed by atoms with E-state index in [9.17, 15) is 9.18 Å². The molecular weight excluding hydrogens is 257 g/mol. The number of benzene rings is 1. The van der Waals surface area contributed by atoms with Crippen molar-refractivity contribution in [3.05, 3.63) is 60.0 Å². The summed E-state index contributed by atoms with van der Waals surface area (Å²) < 4.78 is 18.3. The highest BCUT2D eigenvalue weighted by Gasteiger charge is 2.16. The van der Waals surface area contributed by atoms with E-state index in [1.807, 2.05) is 6.92 Å². The molecule has 4 heteroatoms. The minimum Gasteiger partial charge on any atom is -0.462 e. The summed E-state index contributed by atoms with van der Waals surface area (Å²) in [6, 6.07) is 3.92. The van der Waals surface area contributed by atoms with Gasteiger partial charge in [-0.05, 0) is 38.1 Å². The molecule has 0 aromatic heterocycles. The Morgan fingerprint density at radius 2 is 2.15 bits per heavy atom. The summed E-state index contributed by atoms with van der Waals surface area (Å²) in [6.07, 6.45) is 1.53. The molecule has 0 amide bonds. The molecule has 0 saturated carbocycles. The molecular formula is C16H18FNO2. The first kappa shape index (κ1) is 15.8. The van der Waals surface area contributed by atoms with Crippen LogP contribution in [0.5, 0.6) is 0 Å². The summed E-state index contributed by atoms with van der Waals surface area (Å²) in [7, 11) is 0. The summed E-state index contributed by atoms with van der Waals surface area (Å²) in [5.74, 6) is -1.08. The normalized spacial score (nSPS) is 11.1. The molecule has 1 aromatic rings. The molecule has 0 unspecified atom stereocenters. The molecule has 20 heavy (non-hydrogen) atoms. The Morgan fingerprint density at radius 1 is 1.45 bits per heavy atom. The van der Waals surface area contributed by atoms with Crippen LogP contribution in [0.25, 0.3) is 0 Å². The molecule has 0 radical (unpaired) electrons. The SMILES string of the molecule is C=CC(=NCC(=C)C)c1ccc(F)cc1C(=O)OCC. The Bertz CT molecular complexity index is 562. The first-order chi connectivity index (χ1) is 9.49. The summed E-state index contributed by atoms with van der Waals surface area (Å²) >= 11 is 0. The van der Waals surface area contributed by atoms with Crippen molar-refractivity contribution >= 4 is 11.7 Å². The largest absolute Gasteiger partial charge is 0.462 e. The van der Waals surface area contributed by atoms with Gasteiger partial charge in [0.2, 0.25) is 0 Å². The van der Waals surface area contributed by atoms with Gasteiger partial charge in [0.05, 0.1) is 24.4 Å². The fourth-order valence-corrected chi connectivity index (χ4v) is 1.60. The summed E-state index contributed by atoms with van der Waals surface area (Å²) in [4.78, 5) is 16.2. The van der Waals surface area contributed by atoms with Crippen molar-refractivity contribution in [2.75, 3.05) is 13.2 Å². The Labute approximate surface area is 118 Å². The number of carbonyl (C=O) groups is 1. The Kier molecular flexibility index (Phi) is 5.84. The number of halogens is 1. The molecule has 3 nitrogen and oxygen atoms in total. The predicted octanol–water partition coefficient (Wildman–Crippen LogP) is 3.55. The van der Waals surface area contributed by atoms with Crippen molar-refractivity contribution in [3.63, 3.8) is 0 Å². The fraction of sp³-hybridized carbons (Fsp3) is 0.250. The van der Waals surface area contributed by atoms with Gasteiger partial charge in [0, 0.05) is 5.56 Å². The minimum atomic E-state index is -0.577. The maximum Gasteiger partial charge on any atom is 0.338 e. The van der Waals surface area contributed by atoms with Crippen LogP contribution in [0, 0.1) is 5.82 Å². The molecule has 0 atom stereocenters. The second-order valence-electron chi connectivity index (χ2n) is 4.27. The van der Waals surface area contributed by atoms with E-state index in [0.29, 0.717) is 17.8 Å². The third kappa shape index (κ3) is 4.16. The lowest BCUT2D eigenvalue weighted by atomic mass is 10.0. The van der Waals surface area contributed by atoms with E-state index in [1.165, 1.54) is 18.2 Å². The van der Waals surface area contributed by atoms with Crippen LogP contribution in [0.1, 0.15) is 29.8 Å². The summed E-state index contributed by atoms with van der Waals surface area (Å²) in [5.41, 5.74) is 2.04. The maximum absolute atomic E-state index is 13.3. The van der Waals surface area contributed by atoms with Crippen LogP contribution in [-0.2, 0) is 4.74 Å². The van der Waals surface area contributed by atoms with Gasteiger partial charge < -0.3 is 4.74 Å². The summed E-state index contributed by atoms with van der Waals surface area (Å²) in [6.45, 7) is 11.6. The third-order valence-corrected chi connectivity index (χ3v) is 2.47. The van der Waals surface area contributed by atoms with Crippen LogP contribution in [0.4, 0.5) is 4.39 Å². The standard InChI is InChI=1S/C16H18FNO2/c1-5-15(18-10-11(3)4)13-8-7-12(17)9-14(13)16(19)20-6-2/h5,7-9H,1,3,6,10H2,2,4H3. The van der Waals surface area contributed by atoms with E-state index in [2.05, 4.69) is 18.2 Å². The van der Waals surface area contributed by atoms with Gasteiger partial charge in [0.1, 0.15) is 5.82 Å². The lowest BCUT2D eigenvalue weighted by molar-refractivity contribution is 0.0525. The van der Waals surface area contributed by atoms with E-state index in [0.717, 1.165) is 11.6 Å². The van der Waals surface area contributed by atoms with E-state index < -0.39 is 11.8 Å². The number of nitrogens with zero attached hydrogens (tertiary/aromatic N) is 1. The number of aliphatic imine (C=N–C) groups is 1. The van der Waals surface area contributed by atoms with E-state index >= 15 is 0 Å². The topological polar surface area (TPSA) is 38.7 Å². The van der Waals surface area contributed by atoms with Crippen LogP contribution in [0.3, 0.4) is 0 Å². The van der Waals surface area contributed by atoms with Gasteiger partial charge in [0.15, 0.2) is 0 Å². The van der Waals surface area contributed by atoms with Gasteiger partial charge >= 0.3 is 5.97 Å². The number of hydrogen-bond acceptors (Lipinski definition) is 3. The highest BCUT2D eigenvalue weighted by atomic mass is 19.1. The number of allylic oxidation sites excluding steroid dienone is 1. The monoisotopic (exact) mass is 275 g/mol. The first-order valence-corrected chi connectivity index (χ1v) is 6.27. The molecule has 0 fully saturated rings. The quantitative estimate of drug-likeness (QED) is 0.452. The Balaban J connectivity index is 3.27. The number of esters is 1. The van der Waals surface area contributed by atoms with Crippen molar-refractivity contribution in [3.8, 4) is 0 Å². The van der Waals surface area contributed by atoms with Gasteiger partial charge in [0.25, 0.3) is 0 Å². The van der Waals surface area contributed by atoms with Crippen molar-refractivity contribution in [2.24, 2.45) is 4.99 Å². The molecule has 0 N–H and O–H groups in total. The van der Waals surface area contributed by atoms with Crippen molar-refractivity contribution < 1.29 is 13.9 Å². The van der Waals surface area contributed by atoms with E-state index in [1.54, 1.807) is 6.92 Å². The maximum atomic E-state index is 13.3. The fourth-order valence-electron chi connectivity index (χ4n) is 1.60. The van der Waals surface area contributed by atoms with Gasteiger partial charge in [-0.15, -0.1) is 0 Å². The lowest BCUT2D eigenvalue weighted by Crippen LogP contribution is -2.12. The summed E-state index contributed by atoms with van der Waals surface area (Å²) in [5, 5.41) is 0. The van der Waals surface area contributed by atoms with Crippen LogP contribution in [0.15, 0.2) is 48.0 Å². The Hall–Kier alpha value is -2.23. The third-order valence-electron chi connectivity index (χ3n) is 2.47. The van der Waals surface area contributed by atoms with Crippen LogP contribution in [0.2, 0.25) is 0 Å². The average molecular weight is 275 g/mol. The minimum absolute atomic E-state index is 0.146. The molecule has 1 aromatic carbocycles. The van der Waals surface area contributed by atoms with Crippen molar-refractivity contribution in [1.29, 1.82) is 0 Å². The van der Waals surface area contributed by atoms with Crippen LogP contribution < -0.4 is 0 Å². The molecule has 106 valence electrons. The van der Waals surface area contributed by atoms with Crippen LogP contribution >= 0.6 is 0 Å². The molecule has 0 heterocycles. The van der Waals surface area contributed by atoms with Gasteiger partial charge in [-0.25, -0.2) is 9.18 Å². The number of hydrogen-bond donors (Lipinski definition) is 0. The molecule has 0 aliphatic heterocycles. The molecule has 0 aliphatic carbocycles. The van der Waals surface area contributed by atoms with E-state index in [-0.39, 0.29) is 12.2 Å². The molecule has 0 saturated heterocycles. The van der Waals surface area contributed by atoms with Gasteiger partial charge in [-0.2, -0.15) is 0 Å². The number of carbonyl (C=O) groups excluding carboxylic acids is 1.